The fourth-order valence-corrected chi connectivity index (χ4v) is 0.710. The van der Waals surface area contributed by atoms with Crippen LogP contribution in [0.5, 0.6) is 0 Å². The lowest BCUT2D eigenvalue weighted by Gasteiger charge is -1.93. The Morgan fingerprint density at radius 2 is 2.38 bits per heavy atom. The van der Waals surface area contributed by atoms with E-state index in [1.54, 1.807) is 0 Å². The van der Waals surface area contributed by atoms with E-state index in [-0.39, 0.29) is 11.6 Å². The van der Waals surface area contributed by atoms with Crippen molar-refractivity contribution in [3.63, 3.8) is 0 Å². The third-order valence-electron chi connectivity index (χ3n) is 1.12. The maximum Gasteiger partial charge on any atom is 0.148 e. The van der Waals surface area contributed by atoms with E-state index in [1.165, 1.54) is 0 Å². The molecule has 1 atom stereocenters. The predicted octanol–water partition coefficient (Wildman–Crippen LogP) is -0.460. The minimum atomic E-state index is -0.0833. The Labute approximate surface area is 47.9 Å². The number of aldehydes is 1. The van der Waals surface area contributed by atoms with Crippen LogP contribution in [0.15, 0.2) is 0 Å². The number of carbonyl (C=O) groups excluding carboxylic acids is 1. The smallest absolute Gasteiger partial charge is 0.148 e. The van der Waals surface area contributed by atoms with Gasteiger partial charge < -0.3 is 15.0 Å². The van der Waals surface area contributed by atoms with Crippen molar-refractivity contribution in [2.24, 2.45) is 0 Å². The second-order valence-electron chi connectivity index (χ2n) is 1.69. The normalized spacial score (nSPS) is 26.8. The van der Waals surface area contributed by atoms with E-state index in [0.717, 1.165) is 25.7 Å². The summed E-state index contributed by atoms with van der Waals surface area (Å²) >= 11 is 0. The standard InChI is InChI=1S/C5H8O2.H2O/c6-4-5-2-1-3-7-5;/h4-5H,1-3H2;1H2. The van der Waals surface area contributed by atoms with Crippen LogP contribution in [0.25, 0.3) is 0 Å². The summed E-state index contributed by atoms with van der Waals surface area (Å²) in [4.78, 5) is 9.88. The Morgan fingerprint density at radius 3 is 2.62 bits per heavy atom. The number of hydrogen-bond acceptors (Lipinski definition) is 2. The zero-order valence-electron chi connectivity index (χ0n) is 4.59. The SMILES string of the molecule is O.O=CC1CCCO1. The van der Waals surface area contributed by atoms with E-state index >= 15 is 0 Å². The second-order valence-corrected chi connectivity index (χ2v) is 1.69. The molecule has 1 aliphatic heterocycles. The van der Waals surface area contributed by atoms with Crippen molar-refractivity contribution in [1.29, 1.82) is 0 Å². The molecule has 1 heterocycles. The summed E-state index contributed by atoms with van der Waals surface area (Å²) in [5.41, 5.74) is 0. The fourth-order valence-electron chi connectivity index (χ4n) is 0.710. The molecule has 3 heteroatoms. The van der Waals surface area contributed by atoms with Gasteiger partial charge in [-0.25, -0.2) is 0 Å². The van der Waals surface area contributed by atoms with E-state index in [0.29, 0.717) is 0 Å². The summed E-state index contributed by atoms with van der Waals surface area (Å²) < 4.78 is 4.93. The van der Waals surface area contributed by atoms with Gasteiger partial charge in [-0.05, 0) is 12.8 Å². The van der Waals surface area contributed by atoms with Crippen LogP contribution in [-0.2, 0) is 9.53 Å². The Morgan fingerprint density at radius 1 is 1.62 bits per heavy atom. The fraction of sp³-hybridized carbons (Fsp3) is 0.800. The lowest BCUT2D eigenvalue weighted by molar-refractivity contribution is -0.115. The van der Waals surface area contributed by atoms with Gasteiger partial charge in [0.2, 0.25) is 0 Å². The first-order valence-electron chi connectivity index (χ1n) is 2.50. The van der Waals surface area contributed by atoms with Crippen LogP contribution in [0.3, 0.4) is 0 Å². The first-order chi connectivity index (χ1) is 3.43. The molecule has 8 heavy (non-hydrogen) atoms. The average molecular weight is 118 g/mol. The quantitative estimate of drug-likeness (QED) is 0.437. The van der Waals surface area contributed by atoms with Gasteiger partial charge in [0.25, 0.3) is 0 Å². The molecule has 1 rings (SSSR count). The van der Waals surface area contributed by atoms with Crippen LogP contribution in [0.4, 0.5) is 0 Å². The van der Waals surface area contributed by atoms with Gasteiger partial charge in [-0.15, -0.1) is 0 Å². The van der Waals surface area contributed by atoms with Gasteiger partial charge in [-0.2, -0.15) is 0 Å². The highest BCUT2D eigenvalue weighted by Gasteiger charge is 2.12. The first-order valence-corrected chi connectivity index (χ1v) is 2.50. The molecule has 0 saturated carbocycles. The molecule has 0 aromatic carbocycles. The van der Waals surface area contributed by atoms with Crippen molar-refractivity contribution in [1.82, 2.24) is 0 Å². The van der Waals surface area contributed by atoms with Crippen LogP contribution >= 0.6 is 0 Å². The minimum Gasteiger partial charge on any atom is -0.412 e. The highest BCUT2D eigenvalue weighted by Crippen LogP contribution is 2.08. The van der Waals surface area contributed by atoms with Crippen LogP contribution in [0.1, 0.15) is 12.8 Å². The van der Waals surface area contributed by atoms with Gasteiger partial charge in [0.05, 0.1) is 0 Å². The Balaban J connectivity index is 0.000000490. The predicted molar refractivity (Wildman–Crippen MR) is 28.7 cm³/mol. The average Bonchev–Trinajstić information content (AvgIpc) is 2.14. The summed E-state index contributed by atoms with van der Waals surface area (Å²) in [7, 11) is 0. The monoisotopic (exact) mass is 118 g/mol. The molecule has 0 aliphatic carbocycles. The molecule has 0 aromatic rings. The van der Waals surface area contributed by atoms with E-state index in [9.17, 15) is 4.79 Å². The molecule has 48 valence electrons. The first kappa shape index (κ1) is 7.59. The number of hydrogen-bond donors (Lipinski definition) is 0. The molecule has 0 bridgehead atoms. The highest BCUT2D eigenvalue weighted by molar-refractivity contribution is 5.56. The van der Waals surface area contributed by atoms with Gasteiger partial charge in [0.15, 0.2) is 0 Å². The van der Waals surface area contributed by atoms with Crippen molar-refractivity contribution >= 4 is 6.29 Å². The molecular weight excluding hydrogens is 108 g/mol. The van der Waals surface area contributed by atoms with Crippen molar-refractivity contribution in [2.45, 2.75) is 18.9 Å². The molecule has 3 nitrogen and oxygen atoms in total. The van der Waals surface area contributed by atoms with Crippen LogP contribution in [-0.4, -0.2) is 24.5 Å². The molecular formula is C5H10O3. The molecule has 0 amide bonds. The summed E-state index contributed by atoms with van der Waals surface area (Å²) in [6.07, 6.45) is 2.75. The molecule has 1 saturated heterocycles. The van der Waals surface area contributed by atoms with E-state index in [1.807, 2.05) is 0 Å². The lowest BCUT2D eigenvalue weighted by atomic mass is 10.3. The Hall–Kier alpha value is -0.410. The van der Waals surface area contributed by atoms with Crippen molar-refractivity contribution in [2.75, 3.05) is 6.61 Å². The van der Waals surface area contributed by atoms with Crippen LogP contribution in [0.2, 0.25) is 0 Å². The van der Waals surface area contributed by atoms with Gasteiger partial charge in [0, 0.05) is 6.61 Å². The number of rotatable bonds is 1. The van der Waals surface area contributed by atoms with Gasteiger partial charge in [-0.3, -0.25) is 0 Å². The number of carbonyl (C=O) groups is 1. The van der Waals surface area contributed by atoms with Gasteiger partial charge in [-0.1, -0.05) is 0 Å². The minimum absolute atomic E-state index is 0. The van der Waals surface area contributed by atoms with E-state index < -0.39 is 0 Å². The van der Waals surface area contributed by atoms with Gasteiger partial charge in [0.1, 0.15) is 12.4 Å². The lowest BCUT2D eigenvalue weighted by Crippen LogP contribution is -2.04. The largest absolute Gasteiger partial charge is 0.412 e. The topological polar surface area (TPSA) is 57.8 Å². The van der Waals surface area contributed by atoms with Crippen molar-refractivity contribution in [3.8, 4) is 0 Å². The Kier molecular flexibility index (Phi) is 3.39. The molecule has 1 fully saturated rings. The zero-order valence-corrected chi connectivity index (χ0v) is 4.59. The highest BCUT2D eigenvalue weighted by atomic mass is 16.5. The van der Waals surface area contributed by atoms with Gasteiger partial charge >= 0.3 is 0 Å². The number of ether oxygens (including phenoxy) is 1. The van der Waals surface area contributed by atoms with Crippen molar-refractivity contribution in [3.05, 3.63) is 0 Å². The molecule has 1 unspecified atom stereocenters. The molecule has 2 N–H and O–H groups in total. The maximum absolute atomic E-state index is 9.88. The molecule has 1 aliphatic rings. The van der Waals surface area contributed by atoms with E-state index in [2.05, 4.69) is 0 Å². The molecule has 0 aromatic heterocycles. The summed E-state index contributed by atoms with van der Waals surface area (Å²) in [5.74, 6) is 0. The molecule has 0 spiro atoms. The summed E-state index contributed by atoms with van der Waals surface area (Å²) in [5, 5.41) is 0. The zero-order chi connectivity index (χ0) is 5.11. The maximum atomic E-state index is 9.88. The summed E-state index contributed by atoms with van der Waals surface area (Å²) in [6, 6.07) is 0. The second kappa shape index (κ2) is 3.57. The summed E-state index contributed by atoms with van der Waals surface area (Å²) in [6.45, 7) is 0.767. The third kappa shape index (κ3) is 1.60. The van der Waals surface area contributed by atoms with Crippen LogP contribution in [0, 0.1) is 0 Å². The third-order valence-corrected chi connectivity index (χ3v) is 1.12. The Bertz CT molecular complexity index is 66.1. The van der Waals surface area contributed by atoms with E-state index in [4.69, 9.17) is 4.74 Å². The van der Waals surface area contributed by atoms with Crippen LogP contribution < -0.4 is 0 Å². The molecule has 0 radical (unpaired) electrons. The van der Waals surface area contributed by atoms with Crippen molar-refractivity contribution < 1.29 is 15.0 Å².